The minimum Gasteiger partial charge on any atom is -0.331 e. The molecule has 1 fully saturated rings. The van der Waals surface area contributed by atoms with Gasteiger partial charge in [0.25, 0.3) is 5.91 Å². The highest BCUT2D eigenvalue weighted by Crippen LogP contribution is 2.38. The topological polar surface area (TPSA) is 49.4 Å². The van der Waals surface area contributed by atoms with Crippen LogP contribution < -0.4 is 5.32 Å². The van der Waals surface area contributed by atoms with Gasteiger partial charge in [-0.1, -0.05) is 6.07 Å². The Labute approximate surface area is 149 Å². The minimum atomic E-state index is -0.0964. The number of anilines is 1. The third kappa shape index (κ3) is 2.74. The number of fused-ring (bicyclic) bond motifs is 1. The number of benzene rings is 1. The Kier molecular flexibility index (Phi) is 4.10. The molecule has 1 aromatic carbocycles. The molecule has 124 valence electrons. The van der Waals surface area contributed by atoms with Crippen LogP contribution in [0.2, 0.25) is 0 Å². The van der Waals surface area contributed by atoms with Gasteiger partial charge in [-0.25, -0.2) is 0 Å². The molecule has 4 nitrogen and oxygen atoms in total. The molecule has 1 saturated heterocycles. The van der Waals surface area contributed by atoms with Crippen molar-refractivity contribution in [3.05, 3.63) is 46.2 Å². The zero-order valence-corrected chi connectivity index (χ0v) is 15.0. The first-order valence-corrected chi connectivity index (χ1v) is 9.85. The van der Waals surface area contributed by atoms with Crippen LogP contribution in [0.3, 0.4) is 0 Å². The van der Waals surface area contributed by atoms with E-state index in [0.717, 1.165) is 30.0 Å². The quantitative estimate of drug-likeness (QED) is 0.877. The normalized spacial score (nSPS) is 23.0. The molecule has 0 radical (unpaired) electrons. The van der Waals surface area contributed by atoms with Crippen molar-refractivity contribution in [3.63, 3.8) is 0 Å². The maximum atomic E-state index is 13.0. The average Bonchev–Trinajstić information content (AvgIpc) is 3.25. The van der Waals surface area contributed by atoms with Gasteiger partial charge >= 0.3 is 0 Å². The van der Waals surface area contributed by atoms with Crippen LogP contribution in [0.25, 0.3) is 0 Å². The first kappa shape index (κ1) is 15.7. The Hall–Kier alpha value is -1.79. The van der Waals surface area contributed by atoms with Gasteiger partial charge in [-0.3, -0.25) is 9.59 Å². The van der Waals surface area contributed by atoms with Crippen LogP contribution in [0.4, 0.5) is 5.69 Å². The summed E-state index contributed by atoms with van der Waals surface area (Å²) in [5, 5.41) is 4.87. The van der Waals surface area contributed by atoms with Gasteiger partial charge in [-0.2, -0.15) is 0 Å². The van der Waals surface area contributed by atoms with Crippen molar-refractivity contribution in [1.29, 1.82) is 0 Å². The lowest BCUT2D eigenvalue weighted by Gasteiger charge is -2.26. The molecule has 3 heterocycles. The van der Waals surface area contributed by atoms with Crippen molar-refractivity contribution in [2.24, 2.45) is 0 Å². The number of likely N-dealkylation sites (tertiary alicyclic amines) is 1. The Morgan fingerprint density at radius 2 is 2.21 bits per heavy atom. The smallest absolute Gasteiger partial charge is 0.254 e. The van der Waals surface area contributed by atoms with Crippen molar-refractivity contribution in [2.45, 2.75) is 36.0 Å². The van der Waals surface area contributed by atoms with E-state index < -0.39 is 0 Å². The first-order chi connectivity index (χ1) is 11.6. The molecule has 1 aromatic heterocycles. The molecule has 0 spiro atoms. The van der Waals surface area contributed by atoms with Crippen molar-refractivity contribution < 1.29 is 9.59 Å². The van der Waals surface area contributed by atoms with Gasteiger partial charge in [0, 0.05) is 21.9 Å². The Bertz CT molecular complexity index is 788. The number of rotatable bonds is 2. The number of carbonyl (C=O) groups excluding carboxylic acids is 2. The third-order valence-corrected chi connectivity index (χ3v) is 6.69. The summed E-state index contributed by atoms with van der Waals surface area (Å²) in [6.07, 6.45) is 2.05. The standard InChI is InChI=1S/C18H18N2O2S2/c1-11-17(21)19-13-10-12(6-7-15(13)24-11)18(22)20-8-2-4-14(20)16-5-3-9-23-16/h3,5-7,9-11,14H,2,4,8H2,1H3,(H,19,21)/t11-,14+/m1/s1. The summed E-state index contributed by atoms with van der Waals surface area (Å²) >= 11 is 3.24. The van der Waals surface area contributed by atoms with Gasteiger partial charge in [-0.05, 0) is 49.4 Å². The highest BCUT2D eigenvalue weighted by atomic mass is 32.2. The third-order valence-electron chi connectivity index (χ3n) is 4.54. The van der Waals surface area contributed by atoms with E-state index in [0.29, 0.717) is 5.56 Å². The fourth-order valence-electron chi connectivity index (χ4n) is 3.29. The van der Waals surface area contributed by atoms with E-state index in [9.17, 15) is 9.59 Å². The summed E-state index contributed by atoms with van der Waals surface area (Å²) in [5.74, 6) is 0.0429. The zero-order valence-electron chi connectivity index (χ0n) is 13.3. The van der Waals surface area contributed by atoms with E-state index >= 15 is 0 Å². The summed E-state index contributed by atoms with van der Waals surface area (Å²) in [6, 6.07) is 9.96. The molecule has 0 saturated carbocycles. The molecule has 0 unspecified atom stereocenters. The van der Waals surface area contributed by atoms with Crippen LogP contribution in [0.1, 0.15) is 41.0 Å². The lowest BCUT2D eigenvalue weighted by molar-refractivity contribution is -0.115. The second-order valence-electron chi connectivity index (χ2n) is 6.13. The van der Waals surface area contributed by atoms with E-state index in [1.165, 1.54) is 16.6 Å². The number of nitrogens with zero attached hydrogens (tertiary/aromatic N) is 1. The molecular formula is C18H18N2O2S2. The van der Waals surface area contributed by atoms with E-state index in [1.54, 1.807) is 11.3 Å². The monoisotopic (exact) mass is 358 g/mol. The molecule has 0 aliphatic carbocycles. The molecule has 0 bridgehead atoms. The molecule has 1 N–H and O–H groups in total. The largest absolute Gasteiger partial charge is 0.331 e. The van der Waals surface area contributed by atoms with Crippen LogP contribution in [-0.2, 0) is 4.79 Å². The lowest BCUT2D eigenvalue weighted by Crippen LogP contribution is -2.31. The number of hydrogen-bond donors (Lipinski definition) is 1. The number of amides is 2. The summed E-state index contributed by atoms with van der Waals surface area (Å²) < 4.78 is 0. The Morgan fingerprint density at radius 1 is 1.33 bits per heavy atom. The zero-order chi connectivity index (χ0) is 16.7. The van der Waals surface area contributed by atoms with E-state index in [-0.39, 0.29) is 23.1 Å². The second-order valence-corrected chi connectivity index (χ2v) is 8.49. The van der Waals surface area contributed by atoms with E-state index in [4.69, 9.17) is 0 Å². The van der Waals surface area contributed by atoms with Crippen molar-refractivity contribution >= 4 is 40.6 Å². The molecular weight excluding hydrogens is 340 g/mol. The van der Waals surface area contributed by atoms with E-state index in [1.807, 2.05) is 36.1 Å². The Balaban J connectivity index is 1.61. The molecule has 24 heavy (non-hydrogen) atoms. The molecule has 2 aliphatic rings. The number of carbonyl (C=O) groups is 2. The van der Waals surface area contributed by atoms with Crippen LogP contribution in [-0.4, -0.2) is 28.5 Å². The highest BCUT2D eigenvalue weighted by Gasteiger charge is 2.32. The van der Waals surface area contributed by atoms with Gasteiger partial charge < -0.3 is 10.2 Å². The van der Waals surface area contributed by atoms with Crippen LogP contribution in [0, 0.1) is 0 Å². The summed E-state index contributed by atoms with van der Waals surface area (Å²) in [7, 11) is 0. The predicted octanol–water partition coefficient (Wildman–Crippen LogP) is 4.16. The van der Waals surface area contributed by atoms with Gasteiger partial charge in [-0.15, -0.1) is 23.1 Å². The second kappa shape index (κ2) is 6.26. The minimum absolute atomic E-state index is 0.00488. The molecule has 2 aromatic rings. The highest BCUT2D eigenvalue weighted by molar-refractivity contribution is 8.00. The number of thiophene rings is 1. The van der Waals surface area contributed by atoms with Crippen molar-refractivity contribution in [1.82, 2.24) is 4.90 Å². The van der Waals surface area contributed by atoms with Gasteiger partial charge in [0.15, 0.2) is 0 Å². The summed E-state index contributed by atoms with van der Waals surface area (Å²) in [6.45, 7) is 2.68. The average molecular weight is 358 g/mol. The van der Waals surface area contributed by atoms with Crippen LogP contribution in [0.15, 0.2) is 40.6 Å². The Morgan fingerprint density at radius 3 is 3.00 bits per heavy atom. The van der Waals surface area contributed by atoms with Crippen LogP contribution in [0.5, 0.6) is 0 Å². The van der Waals surface area contributed by atoms with Gasteiger partial charge in [0.1, 0.15) is 0 Å². The van der Waals surface area contributed by atoms with Crippen LogP contribution >= 0.6 is 23.1 Å². The number of thioether (sulfide) groups is 1. The summed E-state index contributed by atoms with van der Waals surface area (Å²) in [5.41, 5.74) is 1.40. The first-order valence-electron chi connectivity index (χ1n) is 8.09. The molecule has 2 aliphatic heterocycles. The maximum absolute atomic E-state index is 13.0. The molecule has 6 heteroatoms. The maximum Gasteiger partial charge on any atom is 0.254 e. The fourth-order valence-corrected chi connectivity index (χ4v) is 5.10. The molecule has 4 rings (SSSR count). The predicted molar refractivity (Wildman–Crippen MR) is 97.7 cm³/mol. The van der Waals surface area contributed by atoms with Gasteiger partial charge in [0.05, 0.1) is 17.0 Å². The van der Waals surface area contributed by atoms with Gasteiger partial charge in [0.2, 0.25) is 5.91 Å². The van der Waals surface area contributed by atoms with Crippen molar-refractivity contribution in [2.75, 3.05) is 11.9 Å². The SMILES string of the molecule is C[C@H]1Sc2ccc(C(=O)N3CCC[C@H]3c3cccs3)cc2NC1=O. The van der Waals surface area contributed by atoms with E-state index in [2.05, 4.69) is 16.8 Å². The lowest BCUT2D eigenvalue weighted by atomic mass is 10.1. The summed E-state index contributed by atoms with van der Waals surface area (Å²) in [4.78, 5) is 29.1. The van der Waals surface area contributed by atoms with Crippen molar-refractivity contribution in [3.8, 4) is 0 Å². The molecule has 2 atom stereocenters. The fraction of sp³-hybridized carbons (Fsp3) is 0.333. The number of nitrogens with one attached hydrogen (secondary N) is 1. The molecule has 2 amide bonds. The number of hydrogen-bond acceptors (Lipinski definition) is 4.